The summed E-state index contributed by atoms with van der Waals surface area (Å²) in [5.41, 5.74) is 2.93. The molecule has 0 amide bonds. The van der Waals surface area contributed by atoms with Crippen molar-refractivity contribution in [2.45, 2.75) is 58.5 Å². The molecule has 1 aliphatic carbocycles. The summed E-state index contributed by atoms with van der Waals surface area (Å²) in [5, 5.41) is 10.5. The van der Waals surface area contributed by atoms with Crippen LogP contribution in [0.2, 0.25) is 0 Å². The number of aliphatic hydroxyl groups excluding tert-OH is 1. The Balaban J connectivity index is 2.59. The van der Waals surface area contributed by atoms with Crippen LogP contribution in [0.15, 0.2) is 24.3 Å². The average molecular weight is 232 g/mol. The molecular weight excluding hydrogens is 208 g/mol. The molecule has 2 unspecified atom stereocenters. The van der Waals surface area contributed by atoms with Crippen molar-refractivity contribution in [1.82, 2.24) is 0 Å². The zero-order chi connectivity index (χ0) is 12.8. The fourth-order valence-corrected chi connectivity index (χ4v) is 3.39. The summed E-state index contributed by atoms with van der Waals surface area (Å²) in [6.45, 7) is 11.1. The topological polar surface area (TPSA) is 20.2 Å². The van der Waals surface area contributed by atoms with Gasteiger partial charge in [-0.25, -0.2) is 0 Å². The smallest absolute Gasteiger partial charge is 0.0622 e. The SMILES string of the molecule is CC1(C)CC(O)C(C(C)(C)C)c2ccccc21. The Kier molecular flexibility index (Phi) is 2.86. The van der Waals surface area contributed by atoms with Gasteiger partial charge in [-0.1, -0.05) is 58.9 Å². The number of benzene rings is 1. The lowest BCUT2D eigenvalue weighted by atomic mass is 9.61. The number of rotatable bonds is 0. The maximum Gasteiger partial charge on any atom is 0.0622 e. The Morgan fingerprint density at radius 3 is 2.35 bits per heavy atom. The minimum absolute atomic E-state index is 0.0811. The van der Waals surface area contributed by atoms with Crippen LogP contribution in [0.1, 0.15) is 58.1 Å². The number of fused-ring (bicyclic) bond motifs is 1. The Hall–Kier alpha value is -0.820. The van der Waals surface area contributed by atoms with Crippen LogP contribution >= 0.6 is 0 Å². The van der Waals surface area contributed by atoms with Crippen LogP contribution in [-0.2, 0) is 5.41 Å². The molecule has 1 nitrogen and oxygen atoms in total. The van der Waals surface area contributed by atoms with Gasteiger partial charge in [0.15, 0.2) is 0 Å². The van der Waals surface area contributed by atoms with Crippen molar-refractivity contribution in [3.05, 3.63) is 35.4 Å². The average Bonchev–Trinajstić information content (AvgIpc) is 2.14. The summed E-state index contributed by atoms with van der Waals surface area (Å²) in [7, 11) is 0. The van der Waals surface area contributed by atoms with E-state index in [9.17, 15) is 5.11 Å². The van der Waals surface area contributed by atoms with Crippen molar-refractivity contribution in [3.8, 4) is 0 Å². The molecule has 1 aliphatic rings. The van der Waals surface area contributed by atoms with Gasteiger partial charge in [-0.3, -0.25) is 0 Å². The molecule has 1 N–H and O–H groups in total. The number of hydrogen-bond acceptors (Lipinski definition) is 1. The molecule has 0 saturated carbocycles. The van der Waals surface area contributed by atoms with E-state index in [1.165, 1.54) is 11.1 Å². The zero-order valence-corrected chi connectivity index (χ0v) is 11.6. The van der Waals surface area contributed by atoms with Gasteiger partial charge >= 0.3 is 0 Å². The Morgan fingerprint density at radius 1 is 1.18 bits per heavy atom. The lowest BCUT2D eigenvalue weighted by Crippen LogP contribution is -2.41. The van der Waals surface area contributed by atoms with Gasteiger partial charge in [-0.15, -0.1) is 0 Å². The quantitative estimate of drug-likeness (QED) is 0.720. The lowest BCUT2D eigenvalue weighted by molar-refractivity contribution is 0.0530. The molecule has 0 radical (unpaired) electrons. The molecule has 1 aromatic carbocycles. The first-order chi connectivity index (χ1) is 7.73. The first kappa shape index (κ1) is 12.6. The Bertz CT molecular complexity index is 412. The maximum absolute atomic E-state index is 10.5. The van der Waals surface area contributed by atoms with E-state index in [2.05, 4.69) is 58.9 Å². The van der Waals surface area contributed by atoms with Crippen molar-refractivity contribution in [2.75, 3.05) is 0 Å². The third kappa shape index (κ3) is 2.13. The van der Waals surface area contributed by atoms with Gasteiger partial charge in [0.1, 0.15) is 0 Å². The van der Waals surface area contributed by atoms with Gasteiger partial charge < -0.3 is 5.11 Å². The standard InChI is InChI=1S/C16H24O/c1-15(2,3)14-11-8-6-7-9-12(11)16(4,5)10-13(14)17/h6-9,13-14,17H,10H2,1-5H3. The summed E-state index contributed by atoms with van der Waals surface area (Å²) in [6, 6.07) is 8.61. The second-order valence-electron chi connectivity index (χ2n) is 7.09. The number of hydrogen-bond donors (Lipinski definition) is 1. The first-order valence-electron chi connectivity index (χ1n) is 6.51. The first-order valence-corrected chi connectivity index (χ1v) is 6.51. The van der Waals surface area contributed by atoms with E-state index in [1.807, 2.05) is 0 Å². The number of aliphatic hydroxyl groups is 1. The van der Waals surface area contributed by atoms with Crippen LogP contribution in [0.25, 0.3) is 0 Å². The molecule has 1 aromatic rings. The minimum Gasteiger partial charge on any atom is -0.392 e. The summed E-state index contributed by atoms with van der Waals surface area (Å²) in [6.07, 6.45) is 0.617. The van der Waals surface area contributed by atoms with Crippen LogP contribution in [0.3, 0.4) is 0 Å². The molecular formula is C16H24O. The summed E-state index contributed by atoms with van der Waals surface area (Å²) in [4.78, 5) is 0. The van der Waals surface area contributed by atoms with E-state index in [1.54, 1.807) is 0 Å². The van der Waals surface area contributed by atoms with Gasteiger partial charge in [-0.05, 0) is 28.4 Å². The predicted octanol–water partition coefficient (Wildman–Crippen LogP) is 3.86. The molecule has 17 heavy (non-hydrogen) atoms. The van der Waals surface area contributed by atoms with E-state index >= 15 is 0 Å². The van der Waals surface area contributed by atoms with E-state index in [0.717, 1.165) is 6.42 Å². The zero-order valence-electron chi connectivity index (χ0n) is 11.6. The van der Waals surface area contributed by atoms with Gasteiger partial charge in [0.25, 0.3) is 0 Å². The molecule has 0 spiro atoms. The minimum atomic E-state index is -0.236. The second kappa shape index (κ2) is 3.84. The monoisotopic (exact) mass is 232 g/mol. The molecule has 2 atom stereocenters. The molecule has 0 aromatic heterocycles. The van der Waals surface area contributed by atoms with Crippen LogP contribution in [-0.4, -0.2) is 11.2 Å². The van der Waals surface area contributed by atoms with Gasteiger partial charge in [-0.2, -0.15) is 0 Å². The Labute approximate surface area is 105 Å². The molecule has 2 rings (SSSR count). The lowest BCUT2D eigenvalue weighted by Gasteiger charge is -2.45. The van der Waals surface area contributed by atoms with Crippen molar-refractivity contribution in [3.63, 3.8) is 0 Å². The molecule has 0 saturated heterocycles. The normalized spacial score (nSPS) is 27.6. The third-order valence-electron chi connectivity index (χ3n) is 4.06. The largest absolute Gasteiger partial charge is 0.392 e. The molecule has 0 fully saturated rings. The summed E-state index contributed by atoms with van der Waals surface area (Å²) in [5.74, 6) is 0.242. The van der Waals surface area contributed by atoms with E-state index in [0.29, 0.717) is 0 Å². The molecule has 0 bridgehead atoms. The van der Waals surface area contributed by atoms with Crippen molar-refractivity contribution in [2.24, 2.45) is 5.41 Å². The molecule has 0 heterocycles. The van der Waals surface area contributed by atoms with Crippen molar-refractivity contribution < 1.29 is 5.11 Å². The van der Waals surface area contributed by atoms with Crippen molar-refractivity contribution in [1.29, 1.82) is 0 Å². The van der Waals surface area contributed by atoms with Gasteiger partial charge in [0, 0.05) is 5.92 Å². The van der Waals surface area contributed by atoms with E-state index in [4.69, 9.17) is 0 Å². The fourth-order valence-electron chi connectivity index (χ4n) is 3.39. The van der Waals surface area contributed by atoms with E-state index in [-0.39, 0.29) is 22.9 Å². The summed E-state index contributed by atoms with van der Waals surface area (Å²) >= 11 is 0. The maximum atomic E-state index is 10.5. The highest BCUT2D eigenvalue weighted by molar-refractivity contribution is 5.40. The van der Waals surface area contributed by atoms with Crippen LogP contribution in [0, 0.1) is 5.41 Å². The molecule has 1 heteroatoms. The van der Waals surface area contributed by atoms with Gasteiger partial charge in [0.2, 0.25) is 0 Å². The second-order valence-corrected chi connectivity index (χ2v) is 7.09. The van der Waals surface area contributed by atoms with Gasteiger partial charge in [0.05, 0.1) is 6.10 Å². The van der Waals surface area contributed by atoms with Crippen molar-refractivity contribution >= 4 is 0 Å². The van der Waals surface area contributed by atoms with Crippen LogP contribution in [0.4, 0.5) is 0 Å². The van der Waals surface area contributed by atoms with E-state index < -0.39 is 0 Å². The predicted molar refractivity (Wildman–Crippen MR) is 72.3 cm³/mol. The highest BCUT2D eigenvalue weighted by Crippen LogP contribution is 2.49. The highest BCUT2D eigenvalue weighted by Gasteiger charge is 2.42. The summed E-state index contributed by atoms with van der Waals surface area (Å²) < 4.78 is 0. The third-order valence-corrected chi connectivity index (χ3v) is 4.06. The molecule has 94 valence electrons. The highest BCUT2D eigenvalue weighted by atomic mass is 16.3. The Morgan fingerprint density at radius 2 is 1.76 bits per heavy atom. The molecule has 0 aliphatic heterocycles. The van der Waals surface area contributed by atoms with Crippen LogP contribution in [0.5, 0.6) is 0 Å². The fraction of sp³-hybridized carbons (Fsp3) is 0.625. The van der Waals surface area contributed by atoms with Crippen LogP contribution < -0.4 is 0 Å².